The van der Waals surface area contributed by atoms with E-state index in [1.54, 1.807) is 0 Å². The van der Waals surface area contributed by atoms with E-state index in [1.165, 1.54) is 16.3 Å². The standard InChI is InChI=1S/C18H23NO/c1-2-17-12-16(10-11-20-17)19-13-15-8-5-7-14-6-3-4-9-18(14)15/h3-9,16-17,19H,2,10-13H2,1H3. The fraction of sp³-hybridized carbons (Fsp3) is 0.444. The molecule has 2 aromatic rings. The van der Waals surface area contributed by atoms with Crippen LogP contribution in [0.25, 0.3) is 10.8 Å². The van der Waals surface area contributed by atoms with Crippen LogP contribution in [0.15, 0.2) is 42.5 Å². The number of hydrogen-bond donors (Lipinski definition) is 1. The third kappa shape index (κ3) is 3.02. The fourth-order valence-corrected chi connectivity index (χ4v) is 3.05. The Bertz CT molecular complexity index is 561. The lowest BCUT2D eigenvalue weighted by atomic mass is 10.00. The van der Waals surface area contributed by atoms with Gasteiger partial charge in [-0.15, -0.1) is 0 Å². The maximum atomic E-state index is 5.74. The van der Waals surface area contributed by atoms with Crippen molar-refractivity contribution in [3.8, 4) is 0 Å². The lowest BCUT2D eigenvalue weighted by Gasteiger charge is -2.29. The predicted octanol–water partition coefficient (Wildman–Crippen LogP) is 3.89. The SMILES string of the molecule is CCC1CC(NCc2cccc3ccccc23)CCO1. The van der Waals surface area contributed by atoms with E-state index >= 15 is 0 Å². The average Bonchev–Trinajstić information content (AvgIpc) is 2.53. The third-order valence-electron chi connectivity index (χ3n) is 4.28. The molecule has 2 nitrogen and oxygen atoms in total. The van der Waals surface area contributed by atoms with Gasteiger partial charge in [-0.2, -0.15) is 0 Å². The molecule has 2 unspecified atom stereocenters. The van der Waals surface area contributed by atoms with Crippen LogP contribution in [0.2, 0.25) is 0 Å². The number of rotatable bonds is 4. The lowest BCUT2D eigenvalue weighted by molar-refractivity contribution is -0.000300. The van der Waals surface area contributed by atoms with E-state index in [1.807, 2.05) is 0 Å². The van der Waals surface area contributed by atoms with E-state index in [4.69, 9.17) is 4.74 Å². The number of benzene rings is 2. The average molecular weight is 269 g/mol. The molecule has 1 saturated heterocycles. The van der Waals surface area contributed by atoms with Gasteiger partial charge in [0.1, 0.15) is 0 Å². The van der Waals surface area contributed by atoms with Crippen molar-refractivity contribution >= 4 is 10.8 Å². The van der Waals surface area contributed by atoms with Crippen molar-refractivity contribution in [2.45, 2.75) is 44.9 Å². The molecule has 3 rings (SSSR count). The summed E-state index contributed by atoms with van der Waals surface area (Å²) in [6.45, 7) is 4.05. The van der Waals surface area contributed by atoms with E-state index in [2.05, 4.69) is 54.7 Å². The first-order valence-corrected chi connectivity index (χ1v) is 7.68. The smallest absolute Gasteiger partial charge is 0.0587 e. The van der Waals surface area contributed by atoms with Crippen molar-refractivity contribution in [3.05, 3.63) is 48.0 Å². The summed E-state index contributed by atoms with van der Waals surface area (Å²) >= 11 is 0. The van der Waals surface area contributed by atoms with Crippen molar-refractivity contribution in [1.29, 1.82) is 0 Å². The summed E-state index contributed by atoms with van der Waals surface area (Å²) in [4.78, 5) is 0. The minimum absolute atomic E-state index is 0.439. The molecule has 2 heteroatoms. The highest BCUT2D eigenvalue weighted by Gasteiger charge is 2.20. The second-order valence-electron chi connectivity index (χ2n) is 5.64. The summed E-state index contributed by atoms with van der Waals surface area (Å²) < 4.78 is 5.74. The minimum atomic E-state index is 0.439. The summed E-state index contributed by atoms with van der Waals surface area (Å²) in [6.07, 6.45) is 3.82. The molecule has 1 aliphatic heterocycles. The monoisotopic (exact) mass is 269 g/mol. The van der Waals surface area contributed by atoms with Crippen LogP contribution in [0.1, 0.15) is 31.7 Å². The Labute approximate surface area is 121 Å². The largest absolute Gasteiger partial charge is 0.378 e. The zero-order valence-electron chi connectivity index (χ0n) is 12.1. The van der Waals surface area contributed by atoms with Crippen LogP contribution < -0.4 is 5.32 Å². The lowest BCUT2D eigenvalue weighted by Crippen LogP contribution is -2.38. The van der Waals surface area contributed by atoms with Gasteiger partial charge in [-0.1, -0.05) is 49.4 Å². The van der Waals surface area contributed by atoms with Crippen LogP contribution in [0.5, 0.6) is 0 Å². The molecular formula is C18H23NO. The maximum absolute atomic E-state index is 5.74. The Balaban J connectivity index is 1.68. The van der Waals surface area contributed by atoms with E-state index in [0.29, 0.717) is 12.1 Å². The molecule has 2 aromatic carbocycles. The molecule has 1 aliphatic rings. The molecule has 20 heavy (non-hydrogen) atoms. The second-order valence-corrected chi connectivity index (χ2v) is 5.64. The van der Waals surface area contributed by atoms with Crippen molar-refractivity contribution < 1.29 is 4.74 Å². The third-order valence-corrected chi connectivity index (χ3v) is 4.28. The van der Waals surface area contributed by atoms with E-state index in [9.17, 15) is 0 Å². The first kappa shape index (κ1) is 13.6. The first-order valence-electron chi connectivity index (χ1n) is 7.68. The normalized spacial score (nSPS) is 23.1. The molecule has 0 saturated carbocycles. The Hall–Kier alpha value is -1.38. The van der Waals surface area contributed by atoms with Crippen LogP contribution in [-0.4, -0.2) is 18.8 Å². The molecule has 106 valence electrons. The van der Waals surface area contributed by atoms with Crippen LogP contribution >= 0.6 is 0 Å². The van der Waals surface area contributed by atoms with Crippen LogP contribution in [0.4, 0.5) is 0 Å². The quantitative estimate of drug-likeness (QED) is 0.909. The van der Waals surface area contributed by atoms with Gasteiger partial charge < -0.3 is 10.1 Å². The summed E-state index contributed by atoms with van der Waals surface area (Å²) in [5.74, 6) is 0. The number of fused-ring (bicyclic) bond motifs is 1. The van der Waals surface area contributed by atoms with Gasteiger partial charge in [0.25, 0.3) is 0 Å². The Morgan fingerprint density at radius 1 is 1.15 bits per heavy atom. The highest BCUT2D eigenvalue weighted by molar-refractivity contribution is 5.85. The fourth-order valence-electron chi connectivity index (χ4n) is 3.05. The summed E-state index contributed by atoms with van der Waals surface area (Å²) in [5.41, 5.74) is 1.39. The van der Waals surface area contributed by atoms with Gasteiger partial charge in [0.05, 0.1) is 6.10 Å². The number of hydrogen-bond acceptors (Lipinski definition) is 2. The topological polar surface area (TPSA) is 21.3 Å². The summed E-state index contributed by atoms with van der Waals surface area (Å²) in [5, 5.41) is 6.40. The van der Waals surface area contributed by atoms with E-state index in [0.717, 1.165) is 32.4 Å². The number of ether oxygens (including phenoxy) is 1. The first-order chi connectivity index (χ1) is 9.86. The predicted molar refractivity (Wildman–Crippen MR) is 83.8 cm³/mol. The zero-order chi connectivity index (χ0) is 13.8. The molecule has 0 aliphatic carbocycles. The highest BCUT2D eigenvalue weighted by atomic mass is 16.5. The summed E-state index contributed by atoms with van der Waals surface area (Å²) in [6, 6.07) is 15.8. The molecule has 0 bridgehead atoms. The van der Waals surface area contributed by atoms with E-state index in [-0.39, 0.29) is 0 Å². The molecule has 1 heterocycles. The van der Waals surface area contributed by atoms with Crippen molar-refractivity contribution in [2.24, 2.45) is 0 Å². The van der Waals surface area contributed by atoms with Gasteiger partial charge in [0.2, 0.25) is 0 Å². The van der Waals surface area contributed by atoms with Crippen molar-refractivity contribution in [1.82, 2.24) is 5.32 Å². The van der Waals surface area contributed by atoms with Gasteiger partial charge in [0.15, 0.2) is 0 Å². The Morgan fingerprint density at radius 3 is 2.90 bits per heavy atom. The molecule has 1 N–H and O–H groups in total. The van der Waals surface area contributed by atoms with Crippen molar-refractivity contribution in [3.63, 3.8) is 0 Å². The minimum Gasteiger partial charge on any atom is -0.378 e. The van der Waals surface area contributed by atoms with Gasteiger partial charge in [-0.25, -0.2) is 0 Å². The molecule has 0 aromatic heterocycles. The van der Waals surface area contributed by atoms with Gasteiger partial charge in [-0.05, 0) is 35.6 Å². The van der Waals surface area contributed by atoms with Crippen LogP contribution in [0, 0.1) is 0 Å². The molecule has 2 atom stereocenters. The molecule has 0 spiro atoms. The van der Waals surface area contributed by atoms with Crippen molar-refractivity contribution in [2.75, 3.05) is 6.61 Å². The Kier molecular flexibility index (Phi) is 4.34. The second kappa shape index (κ2) is 6.38. The zero-order valence-corrected chi connectivity index (χ0v) is 12.1. The van der Waals surface area contributed by atoms with Gasteiger partial charge >= 0.3 is 0 Å². The molecule has 0 amide bonds. The van der Waals surface area contributed by atoms with Crippen LogP contribution in [-0.2, 0) is 11.3 Å². The molecule has 0 radical (unpaired) electrons. The molecule has 1 fully saturated rings. The Morgan fingerprint density at radius 2 is 2.00 bits per heavy atom. The summed E-state index contributed by atoms with van der Waals surface area (Å²) in [7, 11) is 0. The van der Waals surface area contributed by atoms with Gasteiger partial charge in [-0.3, -0.25) is 0 Å². The van der Waals surface area contributed by atoms with Gasteiger partial charge in [0, 0.05) is 19.2 Å². The molecular weight excluding hydrogens is 246 g/mol. The van der Waals surface area contributed by atoms with E-state index < -0.39 is 0 Å². The van der Waals surface area contributed by atoms with Crippen LogP contribution in [0.3, 0.4) is 0 Å². The maximum Gasteiger partial charge on any atom is 0.0587 e. The highest BCUT2D eigenvalue weighted by Crippen LogP contribution is 2.20. The number of nitrogens with one attached hydrogen (secondary N) is 1.